The fraction of sp³-hybridized carbons (Fsp3) is 0.571. The summed E-state index contributed by atoms with van der Waals surface area (Å²) in [4.78, 5) is 4.13. The van der Waals surface area contributed by atoms with Crippen LogP contribution in [0.2, 0.25) is 0 Å². The van der Waals surface area contributed by atoms with Gasteiger partial charge in [-0.25, -0.2) is 4.98 Å². The number of aliphatic hydroxyl groups is 1. The molecular formula is C7H9BrN2O2. The third-order valence-electron chi connectivity index (χ3n) is 1.95. The number of rotatable bonds is 1. The summed E-state index contributed by atoms with van der Waals surface area (Å²) in [5.74, 6) is 0.868. The molecule has 12 heavy (non-hydrogen) atoms. The van der Waals surface area contributed by atoms with Crippen molar-refractivity contribution < 1.29 is 9.84 Å². The predicted molar refractivity (Wildman–Crippen MR) is 45.7 cm³/mol. The number of imidazole rings is 1. The Kier molecular flexibility index (Phi) is 2.16. The normalized spacial score (nSPS) is 22.3. The molecule has 0 spiro atoms. The van der Waals surface area contributed by atoms with Gasteiger partial charge in [-0.2, -0.15) is 0 Å². The van der Waals surface area contributed by atoms with E-state index < -0.39 is 0 Å². The van der Waals surface area contributed by atoms with Gasteiger partial charge in [0.15, 0.2) is 0 Å². The second-order valence-corrected chi connectivity index (χ2v) is 3.53. The zero-order valence-corrected chi connectivity index (χ0v) is 7.99. The van der Waals surface area contributed by atoms with Crippen molar-refractivity contribution in [1.29, 1.82) is 0 Å². The number of halogens is 1. The van der Waals surface area contributed by atoms with Crippen LogP contribution in [-0.4, -0.2) is 27.9 Å². The molecular weight excluding hydrogens is 224 g/mol. The molecule has 1 aliphatic heterocycles. The number of hydrogen-bond acceptors (Lipinski definition) is 3. The Hall–Kier alpha value is -0.390. The maximum absolute atomic E-state index is 9.03. The average molecular weight is 233 g/mol. The fourth-order valence-corrected chi connectivity index (χ4v) is 1.96. The SMILES string of the molecule is OCC1COCc2ncc(Br)n21. The summed E-state index contributed by atoms with van der Waals surface area (Å²) >= 11 is 3.37. The van der Waals surface area contributed by atoms with Crippen molar-refractivity contribution in [3.8, 4) is 0 Å². The molecule has 4 nitrogen and oxygen atoms in total. The van der Waals surface area contributed by atoms with Crippen molar-refractivity contribution in [2.24, 2.45) is 0 Å². The van der Waals surface area contributed by atoms with Crippen molar-refractivity contribution in [2.45, 2.75) is 12.6 Å². The Labute approximate surface area is 78.3 Å². The molecule has 1 N–H and O–H groups in total. The second-order valence-electron chi connectivity index (χ2n) is 2.72. The van der Waals surface area contributed by atoms with Crippen molar-refractivity contribution in [3.63, 3.8) is 0 Å². The smallest absolute Gasteiger partial charge is 0.136 e. The van der Waals surface area contributed by atoms with Gasteiger partial charge in [0.1, 0.15) is 17.0 Å². The molecule has 2 heterocycles. The molecule has 1 aliphatic rings. The van der Waals surface area contributed by atoms with Gasteiger partial charge in [0.25, 0.3) is 0 Å². The van der Waals surface area contributed by atoms with E-state index in [2.05, 4.69) is 20.9 Å². The molecule has 1 aromatic rings. The number of nitrogens with zero attached hydrogens (tertiary/aromatic N) is 2. The van der Waals surface area contributed by atoms with Crippen LogP contribution in [0.15, 0.2) is 10.8 Å². The Bertz CT molecular complexity index is 287. The van der Waals surface area contributed by atoms with Crippen LogP contribution >= 0.6 is 15.9 Å². The number of aromatic nitrogens is 2. The highest BCUT2D eigenvalue weighted by Crippen LogP contribution is 2.23. The van der Waals surface area contributed by atoms with Crippen LogP contribution in [-0.2, 0) is 11.3 Å². The molecule has 0 radical (unpaired) electrons. The molecule has 66 valence electrons. The maximum atomic E-state index is 9.03. The quantitative estimate of drug-likeness (QED) is 0.776. The monoisotopic (exact) mass is 232 g/mol. The van der Waals surface area contributed by atoms with E-state index >= 15 is 0 Å². The van der Waals surface area contributed by atoms with E-state index in [4.69, 9.17) is 9.84 Å². The maximum Gasteiger partial charge on any atom is 0.136 e. The van der Waals surface area contributed by atoms with Gasteiger partial charge in [-0.15, -0.1) is 0 Å². The molecule has 0 fully saturated rings. The first kappa shape index (κ1) is 8.22. The highest BCUT2D eigenvalue weighted by molar-refractivity contribution is 9.10. The van der Waals surface area contributed by atoms with Crippen LogP contribution in [0.4, 0.5) is 0 Å². The van der Waals surface area contributed by atoms with Crippen LogP contribution in [0.5, 0.6) is 0 Å². The molecule has 1 aromatic heterocycles. The number of ether oxygens (including phenoxy) is 1. The van der Waals surface area contributed by atoms with Gasteiger partial charge in [0.2, 0.25) is 0 Å². The average Bonchev–Trinajstić information content (AvgIpc) is 2.48. The lowest BCUT2D eigenvalue weighted by Crippen LogP contribution is -2.26. The van der Waals surface area contributed by atoms with Crippen LogP contribution in [0.3, 0.4) is 0 Å². The van der Waals surface area contributed by atoms with E-state index in [1.54, 1.807) is 6.20 Å². The minimum Gasteiger partial charge on any atom is -0.394 e. The minimum absolute atomic E-state index is 0.00521. The first-order chi connectivity index (χ1) is 5.83. The van der Waals surface area contributed by atoms with Crippen LogP contribution in [0.25, 0.3) is 0 Å². The lowest BCUT2D eigenvalue weighted by molar-refractivity contribution is 0.0326. The van der Waals surface area contributed by atoms with E-state index in [1.807, 2.05) is 4.57 Å². The summed E-state index contributed by atoms with van der Waals surface area (Å²) < 4.78 is 8.11. The van der Waals surface area contributed by atoms with Gasteiger partial charge in [-0.05, 0) is 15.9 Å². The van der Waals surface area contributed by atoms with Gasteiger partial charge >= 0.3 is 0 Å². The van der Waals surface area contributed by atoms with Crippen molar-refractivity contribution in [2.75, 3.05) is 13.2 Å². The minimum atomic E-state index is 0.00521. The third kappa shape index (κ3) is 1.18. The van der Waals surface area contributed by atoms with Gasteiger partial charge in [0, 0.05) is 0 Å². The van der Waals surface area contributed by atoms with Crippen molar-refractivity contribution in [3.05, 3.63) is 16.6 Å². The molecule has 0 bridgehead atoms. The van der Waals surface area contributed by atoms with Gasteiger partial charge < -0.3 is 14.4 Å². The summed E-state index contributed by atoms with van der Waals surface area (Å²) in [5, 5.41) is 9.03. The zero-order valence-electron chi connectivity index (χ0n) is 6.40. The summed E-state index contributed by atoms with van der Waals surface area (Å²) in [6, 6.07) is 0.00521. The molecule has 5 heteroatoms. The highest BCUT2D eigenvalue weighted by Gasteiger charge is 2.21. The molecule has 1 unspecified atom stereocenters. The third-order valence-corrected chi connectivity index (χ3v) is 2.53. The van der Waals surface area contributed by atoms with E-state index in [-0.39, 0.29) is 12.6 Å². The van der Waals surface area contributed by atoms with E-state index in [9.17, 15) is 0 Å². The largest absolute Gasteiger partial charge is 0.394 e. The number of hydrogen-bond donors (Lipinski definition) is 1. The van der Waals surface area contributed by atoms with Crippen LogP contribution in [0.1, 0.15) is 11.9 Å². The number of aliphatic hydroxyl groups excluding tert-OH is 1. The fourth-order valence-electron chi connectivity index (χ4n) is 1.36. The number of fused-ring (bicyclic) bond motifs is 1. The standard InChI is InChI=1S/C7H9BrN2O2/c8-6-1-9-7-4-12-3-5(2-11)10(6)7/h1,5,11H,2-4H2. The molecule has 0 aromatic carbocycles. The van der Waals surface area contributed by atoms with E-state index in [0.29, 0.717) is 13.2 Å². The molecule has 1 atom stereocenters. The first-order valence-electron chi connectivity index (χ1n) is 3.73. The lowest BCUT2D eigenvalue weighted by Gasteiger charge is -2.24. The Morgan fingerprint density at radius 3 is 3.42 bits per heavy atom. The second kappa shape index (κ2) is 3.16. The summed E-state index contributed by atoms with van der Waals surface area (Å²) in [7, 11) is 0. The molecule has 0 saturated heterocycles. The van der Waals surface area contributed by atoms with E-state index in [0.717, 1.165) is 10.4 Å². The van der Waals surface area contributed by atoms with Crippen molar-refractivity contribution >= 4 is 15.9 Å². The van der Waals surface area contributed by atoms with Gasteiger partial charge in [-0.3, -0.25) is 0 Å². The zero-order chi connectivity index (χ0) is 8.55. The predicted octanol–water partition coefficient (Wildman–Crippen LogP) is 0.709. The molecule has 0 amide bonds. The summed E-state index contributed by atoms with van der Waals surface area (Å²) in [6.07, 6.45) is 1.73. The molecule has 0 aliphatic carbocycles. The summed E-state index contributed by atoms with van der Waals surface area (Å²) in [6.45, 7) is 1.17. The molecule has 2 rings (SSSR count). The Morgan fingerprint density at radius 2 is 2.67 bits per heavy atom. The van der Waals surface area contributed by atoms with E-state index in [1.165, 1.54) is 0 Å². The highest BCUT2D eigenvalue weighted by atomic mass is 79.9. The Balaban J connectivity index is 2.41. The lowest BCUT2D eigenvalue weighted by atomic mass is 10.3. The molecule has 0 saturated carbocycles. The van der Waals surface area contributed by atoms with Gasteiger partial charge in [0.05, 0.1) is 25.5 Å². The first-order valence-corrected chi connectivity index (χ1v) is 4.52. The Morgan fingerprint density at radius 1 is 1.83 bits per heavy atom. The van der Waals surface area contributed by atoms with Crippen LogP contribution in [0, 0.1) is 0 Å². The topological polar surface area (TPSA) is 47.3 Å². The van der Waals surface area contributed by atoms with Crippen LogP contribution < -0.4 is 0 Å². The van der Waals surface area contributed by atoms with Gasteiger partial charge in [-0.1, -0.05) is 0 Å². The summed E-state index contributed by atoms with van der Waals surface area (Å²) in [5.41, 5.74) is 0. The van der Waals surface area contributed by atoms with Crippen molar-refractivity contribution in [1.82, 2.24) is 9.55 Å².